The van der Waals surface area contributed by atoms with Gasteiger partial charge in [-0.3, -0.25) is 0 Å². The lowest BCUT2D eigenvalue weighted by molar-refractivity contribution is 0.725. The Bertz CT molecular complexity index is 272. The fourth-order valence-electron chi connectivity index (χ4n) is 0.859. The van der Waals surface area contributed by atoms with Crippen molar-refractivity contribution in [3.63, 3.8) is 0 Å². The van der Waals surface area contributed by atoms with Gasteiger partial charge >= 0.3 is 0 Å². The molecule has 1 aliphatic heterocycles. The zero-order valence-electron chi connectivity index (χ0n) is 5.84. The van der Waals surface area contributed by atoms with Crippen molar-refractivity contribution in [1.82, 2.24) is 14.8 Å². The highest BCUT2D eigenvalue weighted by molar-refractivity contribution is 8.02. The second-order valence-electron chi connectivity index (χ2n) is 2.14. The number of hydrogen-bond acceptors (Lipinski definition) is 3. The van der Waals surface area contributed by atoms with Gasteiger partial charge < -0.3 is 4.57 Å². The molecule has 0 unspecified atom stereocenters. The number of fused-ring (bicyclic) bond motifs is 1. The van der Waals surface area contributed by atoms with Crippen LogP contribution < -0.4 is 0 Å². The number of thioether (sulfide) groups is 1. The van der Waals surface area contributed by atoms with E-state index in [1.807, 2.05) is 22.1 Å². The van der Waals surface area contributed by atoms with Gasteiger partial charge in [0.25, 0.3) is 0 Å². The van der Waals surface area contributed by atoms with Gasteiger partial charge in [-0.2, -0.15) is 0 Å². The fraction of sp³-hybridized carbons (Fsp3) is 0.143. The highest BCUT2D eigenvalue weighted by Crippen LogP contribution is 2.17. The van der Waals surface area contributed by atoms with Crippen LogP contribution >= 0.6 is 11.8 Å². The molecule has 0 radical (unpaired) electrons. The molecule has 2 heterocycles. The van der Waals surface area contributed by atoms with Crippen LogP contribution in [0.15, 0.2) is 35.1 Å². The van der Waals surface area contributed by atoms with Gasteiger partial charge in [0.1, 0.15) is 6.33 Å². The quantitative estimate of drug-likeness (QED) is 0.583. The van der Waals surface area contributed by atoms with Crippen molar-refractivity contribution >= 4 is 11.8 Å². The van der Waals surface area contributed by atoms with Gasteiger partial charge in [-0.05, 0) is 5.41 Å². The SMILES string of the molecule is C1=CCn2cnnc2S/C=C/1. The summed E-state index contributed by atoms with van der Waals surface area (Å²) in [7, 11) is 0. The van der Waals surface area contributed by atoms with Crippen LogP contribution in [0.5, 0.6) is 0 Å². The standard InChI is InChI=1S/C7H7N3S/c1-2-4-10-6-8-9-7(10)11-5-3-1/h1-3,5-6H,4H2/b2-1?,5-3+. The number of rotatable bonds is 0. The summed E-state index contributed by atoms with van der Waals surface area (Å²) in [6.07, 6.45) is 7.84. The van der Waals surface area contributed by atoms with Crippen LogP contribution in [0.4, 0.5) is 0 Å². The van der Waals surface area contributed by atoms with E-state index in [1.54, 1.807) is 18.1 Å². The number of allylic oxidation sites excluding steroid dienone is 3. The molecule has 0 N–H and O–H groups in total. The molecule has 11 heavy (non-hydrogen) atoms. The van der Waals surface area contributed by atoms with Gasteiger partial charge in [-0.15, -0.1) is 10.2 Å². The van der Waals surface area contributed by atoms with Crippen molar-refractivity contribution in [3.05, 3.63) is 30.0 Å². The van der Waals surface area contributed by atoms with Crippen LogP contribution in [0.1, 0.15) is 0 Å². The molecule has 56 valence electrons. The molecule has 0 saturated heterocycles. The predicted molar refractivity (Wildman–Crippen MR) is 44.2 cm³/mol. The average Bonchev–Trinajstić information content (AvgIpc) is 2.35. The van der Waals surface area contributed by atoms with Crippen molar-refractivity contribution in [2.45, 2.75) is 11.7 Å². The Morgan fingerprint density at radius 3 is 3.45 bits per heavy atom. The lowest BCUT2D eigenvalue weighted by Crippen LogP contribution is -1.95. The Labute approximate surface area is 68.8 Å². The third-order valence-electron chi connectivity index (χ3n) is 1.38. The van der Waals surface area contributed by atoms with Gasteiger partial charge in [-0.25, -0.2) is 0 Å². The second-order valence-corrected chi connectivity index (χ2v) is 3.01. The minimum Gasteiger partial charge on any atom is -0.304 e. The Kier molecular flexibility index (Phi) is 1.77. The molecule has 3 nitrogen and oxygen atoms in total. The highest BCUT2D eigenvalue weighted by atomic mass is 32.2. The summed E-state index contributed by atoms with van der Waals surface area (Å²) < 4.78 is 2.00. The molecule has 0 fully saturated rings. The third kappa shape index (κ3) is 1.35. The monoisotopic (exact) mass is 165 g/mol. The molecule has 0 spiro atoms. The summed E-state index contributed by atoms with van der Waals surface area (Å²) in [5, 5.41) is 10.7. The molecule has 0 aromatic carbocycles. The van der Waals surface area contributed by atoms with Crippen LogP contribution in [0.2, 0.25) is 0 Å². The van der Waals surface area contributed by atoms with E-state index in [0.29, 0.717) is 0 Å². The Morgan fingerprint density at radius 1 is 1.45 bits per heavy atom. The van der Waals surface area contributed by atoms with E-state index in [9.17, 15) is 0 Å². The first-order chi connectivity index (χ1) is 5.47. The van der Waals surface area contributed by atoms with E-state index < -0.39 is 0 Å². The predicted octanol–water partition coefficient (Wildman–Crippen LogP) is 1.45. The maximum Gasteiger partial charge on any atom is 0.195 e. The molecule has 0 atom stereocenters. The van der Waals surface area contributed by atoms with Crippen molar-refractivity contribution in [2.24, 2.45) is 0 Å². The molecule has 0 bridgehead atoms. The first-order valence-electron chi connectivity index (χ1n) is 3.33. The van der Waals surface area contributed by atoms with Crippen molar-refractivity contribution in [3.8, 4) is 0 Å². The van der Waals surface area contributed by atoms with E-state index in [0.717, 1.165) is 11.7 Å². The van der Waals surface area contributed by atoms with Gasteiger partial charge in [-0.1, -0.05) is 30.0 Å². The fourth-order valence-corrected chi connectivity index (χ4v) is 1.50. The minimum absolute atomic E-state index is 0.861. The highest BCUT2D eigenvalue weighted by Gasteiger charge is 2.01. The molecule has 1 aromatic heterocycles. The Hall–Kier alpha value is -1.03. The molecule has 1 aromatic rings. The van der Waals surface area contributed by atoms with E-state index in [1.165, 1.54) is 0 Å². The first-order valence-corrected chi connectivity index (χ1v) is 4.21. The van der Waals surface area contributed by atoms with Crippen LogP contribution in [0, 0.1) is 0 Å². The van der Waals surface area contributed by atoms with E-state index >= 15 is 0 Å². The minimum atomic E-state index is 0.861. The maximum atomic E-state index is 3.95. The summed E-state index contributed by atoms with van der Waals surface area (Å²) in [6.45, 7) is 0.861. The topological polar surface area (TPSA) is 30.7 Å². The summed E-state index contributed by atoms with van der Waals surface area (Å²) in [4.78, 5) is 0. The van der Waals surface area contributed by atoms with E-state index in [2.05, 4.69) is 16.3 Å². The molecule has 4 heteroatoms. The summed E-state index contributed by atoms with van der Waals surface area (Å²) in [5.74, 6) is 0. The zero-order valence-corrected chi connectivity index (χ0v) is 6.66. The molecular weight excluding hydrogens is 158 g/mol. The molecule has 0 aliphatic carbocycles. The smallest absolute Gasteiger partial charge is 0.195 e. The molecule has 0 amide bonds. The van der Waals surface area contributed by atoms with Gasteiger partial charge in [0.15, 0.2) is 5.16 Å². The molecule has 1 aliphatic rings. The Morgan fingerprint density at radius 2 is 2.45 bits per heavy atom. The molecule has 0 saturated carbocycles. The lowest BCUT2D eigenvalue weighted by Gasteiger charge is -2.00. The van der Waals surface area contributed by atoms with Crippen LogP contribution in [0.3, 0.4) is 0 Å². The Balaban J connectivity index is 2.37. The summed E-state index contributed by atoms with van der Waals surface area (Å²) in [5.41, 5.74) is 0. The van der Waals surface area contributed by atoms with Crippen molar-refractivity contribution in [1.29, 1.82) is 0 Å². The van der Waals surface area contributed by atoms with Crippen molar-refractivity contribution < 1.29 is 0 Å². The van der Waals surface area contributed by atoms with Crippen LogP contribution in [0.25, 0.3) is 0 Å². The number of hydrogen-bond donors (Lipinski definition) is 0. The van der Waals surface area contributed by atoms with Crippen LogP contribution in [-0.4, -0.2) is 14.8 Å². The molecular formula is C7H7N3S. The first kappa shape index (κ1) is 6.67. The van der Waals surface area contributed by atoms with Gasteiger partial charge in [0.2, 0.25) is 0 Å². The zero-order chi connectivity index (χ0) is 7.52. The van der Waals surface area contributed by atoms with Gasteiger partial charge in [0.05, 0.1) is 0 Å². The molecule has 2 rings (SSSR count). The van der Waals surface area contributed by atoms with Gasteiger partial charge in [0, 0.05) is 6.54 Å². The normalized spacial score (nSPS) is 18.5. The van der Waals surface area contributed by atoms with E-state index in [-0.39, 0.29) is 0 Å². The number of aromatic nitrogens is 3. The average molecular weight is 165 g/mol. The number of nitrogens with zero attached hydrogens (tertiary/aromatic N) is 3. The second kappa shape index (κ2) is 2.92. The summed E-state index contributed by atoms with van der Waals surface area (Å²) in [6, 6.07) is 0. The summed E-state index contributed by atoms with van der Waals surface area (Å²) >= 11 is 1.59. The van der Waals surface area contributed by atoms with Crippen LogP contribution in [-0.2, 0) is 6.54 Å². The van der Waals surface area contributed by atoms with E-state index in [4.69, 9.17) is 0 Å². The third-order valence-corrected chi connectivity index (χ3v) is 2.20. The maximum absolute atomic E-state index is 3.95. The van der Waals surface area contributed by atoms with Crippen molar-refractivity contribution in [2.75, 3.05) is 0 Å². The lowest BCUT2D eigenvalue weighted by atomic mass is 10.5. The largest absolute Gasteiger partial charge is 0.304 e.